The molecule has 0 radical (unpaired) electrons. The highest BCUT2D eigenvalue weighted by molar-refractivity contribution is 5.83. The van der Waals surface area contributed by atoms with Crippen LogP contribution in [0.5, 0.6) is 0 Å². The molecule has 2 aliphatic heterocycles. The Morgan fingerprint density at radius 3 is 2.24 bits per heavy atom. The van der Waals surface area contributed by atoms with Crippen LogP contribution in [0.2, 0.25) is 0 Å². The molecule has 0 spiro atoms. The number of nitro groups is 1. The molecule has 1 unspecified atom stereocenters. The summed E-state index contributed by atoms with van der Waals surface area (Å²) in [4.78, 5) is 55.3. The van der Waals surface area contributed by atoms with Crippen LogP contribution in [-0.2, 0) is 29.3 Å². The molecule has 0 aliphatic carbocycles. The highest BCUT2D eigenvalue weighted by Gasteiger charge is 2.44. The lowest BCUT2D eigenvalue weighted by molar-refractivity contribution is -0.384. The van der Waals surface area contributed by atoms with Gasteiger partial charge in [0.05, 0.1) is 53.2 Å². The number of carbonyl (C=O) groups excluding carboxylic acids is 3. The van der Waals surface area contributed by atoms with E-state index >= 15 is 0 Å². The van der Waals surface area contributed by atoms with E-state index in [1.54, 1.807) is 21.9 Å². The maximum absolute atomic E-state index is 13.3. The second kappa shape index (κ2) is 18.4. The number of nitrogens with two attached hydrogens (primary N) is 1. The number of esters is 1. The quantitative estimate of drug-likeness (QED) is 0.0725. The third kappa shape index (κ3) is 8.58. The highest BCUT2D eigenvalue weighted by Crippen LogP contribution is 2.42. The third-order valence-electron chi connectivity index (χ3n) is 9.56. The number of nitrogens with zero attached hydrogens (tertiary/aromatic N) is 4. The minimum atomic E-state index is -0.693. The van der Waals surface area contributed by atoms with Crippen LogP contribution in [0.1, 0.15) is 63.5 Å². The molecule has 2 amide bonds. The number of amides is 2. The van der Waals surface area contributed by atoms with Crippen molar-refractivity contribution in [2.45, 2.75) is 57.8 Å². The number of hydrogen-bond acceptors (Lipinski definition) is 10. The summed E-state index contributed by atoms with van der Waals surface area (Å²) in [7, 11) is 0. The van der Waals surface area contributed by atoms with E-state index < -0.39 is 16.3 Å². The SMILES string of the molecule is CCOC(=O)C1(c2ccccc2)CCN(CCCN(C=O)C2=C(COCCN)NC(CC)=C(N(C=O)CC)C2c2ccc([N+](=O)[O-])cc2)CC1. The second-order valence-electron chi connectivity index (χ2n) is 12.4. The summed E-state index contributed by atoms with van der Waals surface area (Å²) in [5.41, 5.74) is 9.38. The van der Waals surface area contributed by atoms with Crippen LogP contribution < -0.4 is 11.1 Å². The number of nitro benzene ring substituents is 1. The monoisotopic (exact) mass is 690 g/mol. The lowest BCUT2D eigenvalue weighted by atomic mass is 9.72. The van der Waals surface area contributed by atoms with Crippen molar-refractivity contribution in [3.05, 3.63) is 98.6 Å². The van der Waals surface area contributed by atoms with Crippen molar-refractivity contribution in [3.8, 4) is 0 Å². The molecule has 2 aromatic rings. The lowest BCUT2D eigenvalue weighted by Crippen LogP contribution is -2.48. The Hall–Kier alpha value is -4.59. The first kappa shape index (κ1) is 38.2. The number of likely N-dealkylation sites (N-methyl/N-ethyl adjacent to an activating group) is 1. The van der Waals surface area contributed by atoms with E-state index in [9.17, 15) is 24.5 Å². The highest BCUT2D eigenvalue weighted by atomic mass is 16.6. The fraction of sp³-hybridized carbons (Fsp3) is 0.486. The molecule has 2 heterocycles. The van der Waals surface area contributed by atoms with E-state index in [0.29, 0.717) is 101 Å². The van der Waals surface area contributed by atoms with Crippen LogP contribution >= 0.6 is 0 Å². The van der Waals surface area contributed by atoms with E-state index in [0.717, 1.165) is 24.1 Å². The standard InChI is InChI=1S/C37H50N6O7/c1-4-31-34(41(5-2)26-44)33(28-13-15-30(16-14-28)43(47)48)35(32(39-31)25-49-24-19-38)42(27-45)21-10-20-40-22-17-37(18-23-40,36(46)50-6-3)29-11-8-7-9-12-29/h7-9,11-16,26-27,33,39H,4-6,10,17-25,38H2,1-3H3. The Balaban J connectivity index is 1.62. The average molecular weight is 691 g/mol. The molecule has 0 bridgehead atoms. The van der Waals surface area contributed by atoms with Gasteiger partial charge in [0.25, 0.3) is 5.69 Å². The number of dihydropyridines is 1. The van der Waals surface area contributed by atoms with Crippen molar-refractivity contribution in [2.75, 3.05) is 59.1 Å². The molecule has 2 aliphatic rings. The van der Waals surface area contributed by atoms with Crippen LogP contribution in [0.4, 0.5) is 5.69 Å². The van der Waals surface area contributed by atoms with Crippen LogP contribution in [0.3, 0.4) is 0 Å². The number of benzene rings is 2. The molecule has 4 rings (SSSR count). The van der Waals surface area contributed by atoms with Gasteiger partial charge in [-0.05, 0) is 70.3 Å². The zero-order chi connectivity index (χ0) is 36.1. The first-order chi connectivity index (χ1) is 24.3. The van der Waals surface area contributed by atoms with Crippen LogP contribution in [-0.4, -0.2) is 97.5 Å². The second-order valence-corrected chi connectivity index (χ2v) is 12.4. The molecular formula is C37H50N6O7. The summed E-state index contributed by atoms with van der Waals surface area (Å²) in [6.45, 7) is 9.59. The molecule has 13 heteroatoms. The van der Waals surface area contributed by atoms with Crippen molar-refractivity contribution in [1.29, 1.82) is 0 Å². The van der Waals surface area contributed by atoms with E-state index in [2.05, 4.69) is 10.2 Å². The molecule has 2 aromatic carbocycles. The Bertz CT molecular complexity index is 1520. The van der Waals surface area contributed by atoms with Gasteiger partial charge in [-0.2, -0.15) is 0 Å². The number of rotatable bonds is 19. The number of nitrogens with one attached hydrogen (secondary N) is 1. The number of carbonyl (C=O) groups is 3. The molecule has 1 saturated heterocycles. The van der Waals surface area contributed by atoms with Crippen LogP contribution in [0, 0.1) is 10.1 Å². The van der Waals surface area contributed by atoms with Crippen molar-refractivity contribution >= 4 is 24.5 Å². The molecule has 50 heavy (non-hydrogen) atoms. The molecule has 3 N–H and O–H groups in total. The topological polar surface area (TPSA) is 161 Å². The number of non-ortho nitro benzene ring substituents is 1. The fourth-order valence-corrected chi connectivity index (χ4v) is 7.00. The van der Waals surface area contributed by atoms with Gasteiger partial charge in [-0.15, -0.1) is 0 Å². The van der Waals surface area contributed by atoms with Gasteiger partial charge in [-0.25, -0.2) is 0 Å². The molecule has 1 atom stereocenters. The summed E-state index contributed by atoms with van der Waals surface area (Å²) in [5.74, 6) is -0.784. The third-order valence-corrected chi connectivity index (χ3v) is 9.56. The minimum Gasteiger partial charge on any atom is -0.465 e. The number of ether oxygens (including phenoxy) is 2. The van der Waals surface area contributed by atoms with E-state index in [-0.39, 0.29) is 18.3 Å². The summed E-state index contributed by atoms with van der Waals surface area (Å²) in [6, 6.07) is 16.1. The fourth-order valence-electron chi connectivity index (χ4n) is 7.00. The molecule has 1 fully saturated rings. The Kier molecular flexibility index (Phi) is 14.1. The van der Waals surface area contributed by atoms with Crippen molar-refractivity contribution in [1.82, 2.24) is 20.0 Å². The number of likely N-dealkylation sites (tertiary alicyclic amines) is 1. The van der Waals surface area contributed by atoms with Crippen molar-refractivity contribution < 1.29 is 28.8 Å². The van der Waals surface area contributed by atoms with Gasteiger partial charge >= 0.3 is 5.97 Å². The van der Waals surface area contributed by atoms with Crippen molar-refractivity contribution in [2.24, 2.45) is 5.73 Å². The summed E-state index contributed by atoms with van der Waals surface area (Å²) >= 11 is 0. The summed E-state index contributed by atoms with van der Waals surface area (Å²) in [5, 5.41) is 15.0. The Morgan fingerprint density at radius 1 is 1.02 bits per heavy atom. The predicted molar refractivity (Wildman–Crippen MR) is 189 cm³/mol. The van der Waals surface area contributed by atoms with Gasteiger partial charge in [-0.3, -0.25) is 24.5 Å². The average Bonchev–Trinajstić information content (AvgIpc) is 3.15. The Labute approximate surface area is 294 Å². The molecule has 13 nitrogen and oxygen atoms in total. The first-order valence-corrected chi connectivity index (χ1v) is 17.4. The van der Waals surface area contributed by atoms with Gasteiger partial charge in [0.15, 0.2) is 0 Å². The van der Waals surface area contributed by atoms with Crippen LogP contribution in [0.25, 0.3) is 0 Å². The van der Waals surface area contributed by atoms with E-state index in [4.69, 9.17) is 15.2 Å². The lowest BCUT2D eigenvalue weighted by Gasteiger charge is -2.41. The molecule has 270 valence electrons. The van der Waals surface area contributed by atoms with Gasteiger partial charge in [0.2, 0.25) is 12.8 Å². The first-order valence-electron chi connectivity index (χ1n) is 17.4. The summed E-state index contributed by atoms with van der Waals surface area (Å²) in [6.07, 6.45) is 4.00. The minimum absolute atomic E-state index is 0.0586. The zero-order valence-electron chi connectivity index (χ0n) is 29.3. The smallest absolute Gasteiger partial charge is 0.316 e. The maximum Gasteiger partial charge on any atom is 0.316 e. The van der Waals surface area contributed by atoms with Gasteiger partial charge in [0.1, 0.15) is 0 Å². The largest absolute Gasteiger partial charge is 0.465 e. The van der Waals surface area contributed by atoms with Gasteiger partial charge < -0.3 is 35.2 Å². The Morgan fingerprint density at radius 2 is 1.68 bits per heavy atom. The normalized spacial score (nSPS) is 17.6. The number of hydrogen-bond donors (Lipinski definition) is 2. The predicted octanol–water partition coefficient (Wildman–Crippen LogP) is 4.01. The zero-order valence-corrected chi connectivity index (χ0v) is 29.3. The van der Waals surface area contributed by atoms with E-state index in [1.165, 1.54) is 12.1 Å². The number of allylic oxidation sites excluding steroid dienone is 1. The van der Waals surface area contributed by atoms with Gasteiger partial charge in [-0.1, -0.05) is 49.4 Å². The van der Waals surface area contributed by atoms with Crippen molar-refractivity contribution in [3.63, 3.8) is 0 Å². The molecular weight excluding hydrogens is 640 g/mol. The molecule has 0 saturated carbocycles. The summed E-state index contributed by atoms with van der Waals surface area (Å²) < 4.78 is 11.4. The number of piperidine rings is 1. The molecule has 0 aromatic heterocycles. The van der Waals surface area contributed by atoms with Crippen LogP contribution in [0.15, 0.2) is 77.4 Å². The van der Waals surface area contributed by atoms with Gasteiger partial charge in [0, 0.05) is 37.5 Å². The van der Waals surface area contributed by atoms with E-state index in [1.807, 2.05) is 51.1 Å². The maximum atomic E-state index is 13.3.